The third kappa shape index (κ3) is 2.81. The Balaban J connectivity index is 1.80. The molecule has 0 aliphatic rings. The first-order chi connectivity index (χ1) is 12.6. The molecule has 0 amide bonds. The van der Waals surface area contributed by atoms with Crippen LogP contribution in [0.25, 0.3) is 21.7 Å². The van der Waals surface area contributed by atoms with Crippen LogP contribution in [0.5, 0.6) is 0 Å². The van der Waals surface area contributed by atoms with Gasteiger partial charge in [-0.3, -0.25) is 14.5 Å². The Morgan fingerprint density at radius 1 is 1.19 bits per heavy atom. The van der Waals surface area contributed by atoms with E-state index in [0.717, 1.165) is 16.6 Å². The maximum absolute atomic E-state index is 13.4. The Bertz CT molecular complexity index is 1150. The number of aromatic nitrogens is 4. The summed E-state index contributed by atoms with van der Waals surface area (Å²) in [7, 11) is 0. The van der Waals surface area contributed by atoms with Gasteiger partial charge in [0, 0.05) is 34.2 Å². The van der Waals surface area contributed by atoms with Crippen LogP contribution in [0.1, 0.15) is 11.3 Å². The zero-order valence-corrected chi connectivity index (χ0v) is 14.7. The number of H-pyrrole nitrogens is 1. The van der Waals surface area contributed by atoms with Crippen LogP contribution in [-0.2, 0) is 6.42 Å². The lowest BCUT2D eigenvalue weighted by atomic mass is 10.1. The van der Waals surface area contributed by atoms with E-state index in [4.69, 9.17) is 29.8 Å². The van der Waals surface area contributed by atoms with Gasteiger partial charge in [-0.05, 0) is 29.8 Å². The van der Waals surface area contributed by atoms with Crippen molar-refractivity contribution in [3.8, 4) is 5.95 Å². The smallest absolute Gasteiger partial charge is 0.286 e. The van der Waals surface area contributed by atoms with E-state index in [2.05, 4.69) is 19.8 Å². The van der Waals surface area contributed by atoms with E-state index in [0.29, 0.717) is 23.8 Å². The zero-order valence-electron chi connectivity index (χ0n) is 13.2. The van der Waals surface area contributed by atoms with E-state index in [1.807, 2.05) is 22.9 Å². The summed E-state index contributed by atoms with van der Waals surface area (Å²) in [6, 6.07) is 6.24. The normalized spacial score (nSPS) is 11.0. The van der Waals surface area contributed by atoms with Crippen LogP contribution in [0.15, 0.2) is 42.9 Å². The minimum absolute atomic E-state index is 0.265. The van der Waals surface area contributed by atoms with Gasteiger partial charge in [0.2, 0.25) is 5.82 Å². The van der Waals surface area contributed by atoms with E-state index in [-0.39, 0.29) is 10.0 Å². The summed E-state index contributed by atoms with van der Waals surface area (Å²) in [6.45, 7) is 7.04. The fraction of sp³-hybridized carbons (Fsp3) is 0.0556. The third-order valence-corrected chi connectivity index (χ3v) is 4.72. The van der Waals surface area contributed by atoms with Crippen molar-refractivity contribution in [3.05, 3.63) is 81.4 Å². The summed E-state index contributed by atoms with van der Waals surface area (Å²) in [5.41, 5.74) is 2.25. The predicted octanol–water partition coefficient (Wildman–Crippen LogP) is 5.34. The van der Waals surface area contributed by atoms with E-state index in [1.165, 1.54) is 18.3 Å². The van der Waals surface area contributed by atoms with Crippen molar-refractivity contribution in [2.75, 3.05) is 0 Å². The molecular formula is C18H10Cl2FN5. The molecule has 0 unspecified atom stereocenters. The van der Waals surface area contributed by atoms with Gasteiger partial charge in [-0.2, -0.15) is 0 Å². The Labute approximate surface area is 157 Å². The van der Waals surface area contributed by atoms with Crippen molar-refractivity contribution in [3.63, 3.8) is 0 Å². The molecule has 0 saturated carbocycles. The van der Waals surface area contributed by atoms with Crippen molar-refractivity contribution in [2.45, 2.75) is 6.42 Å². The molecule has 0 fully saturated rings. The number of rotatable bonds is 3. The molecule has 0 spiro atoms. The second-order valence-corrected chi connectivity index (χ2v) is 6.42. The summed E-state index contributed by atoms with van der Waals surface area (Å²) in [5.74, 6) is 0.427. The molecule has 0 atom stereocenters. The minimum Gasteiger partial charge on any atom is -0.363 e. The van der Waals surface area contributed by atoms with Crippen LogP contribution in [0.4, 0.5) is 10.2 Å². The summed E-state index contributed by atoms with van der Waals surface area (Å²) < 4.78 is 15.2. The summed E-state index contributed by atoms with van der Waals surface area (Å²) >= 11 is 12.3. The van der Waals surface area contributed by atoms with Crippen LogP contribution in [0, 0.1) is 12.4 Å². The van der Waals surface area contributed by atoms with Crippen LogP contribution >= 0.6 is 23.2 Å². The van der Waals surface area contributed by atoms with Gasteiger partial charge in [-0.15, -0.1) is 0 Å². The van der Waals surface area contributed by atoms with Gasteiger partial charge in [-0.25, -0.2) is 9.37 Å². The first-order valence-electron chi connectivity index (χ1n) is 7.58. The molecule has 3 heterocycles. The molecule has 1 N–H and O–H groups in total. The molecule has 4 aromatic rings. The van der Waals surface area contributed by atoms with E-state index in [1.54, 1.807) is 6.20 Å². The lowest BCUT2D eigenvalue weighted by molar-refractivity contribution is 0.627. The highest BCUT2D eigenvalue weighted by atomic mass is 35.5. The first-order valence-corrected chi connectivity index (χ1v) is 8.33. The SMILES string of the molecule is [C-]#[N+]c1cnc(-n2ccc3c(Cc4c(Cl)cc(F)cc4Cl)nccc32)[nH]1. The van der Waals surface area contributed by atoms with Gasteiger partial charge < -0.3 is 4.85 Å². The fourth-order valence-corrected chi connectivity index (χ4v) is 3.43. The average Bonchev–Trinajstić information content (AvgIpc) is 3.24. The second-order valence-electron chi connectivity index (χ2n) is 5.60. The largest absolute Gasteiger partial charge is 0.363 e. The number of imidazole rings is 1. The molecule has 0 aliphatic heterocycles. The maximum Gasteiger partial charge on any atom is 0.286 e. The number of aromatic amines is 1. The lowest BCUT2D eigenvalue weighted by Crippen LogP contribution is -1.98. The van der Waals surface area contributed by atoms with Gasteiger partial charge in [0.05, 0.1) is 17.4 Å². The highest BCUT2D eigenvalue weighted by Gasteiger charge is 2.15. The standard InChI is InChI=1S/C18H10Cl2FN5/c1-22-17-9-24-18(25-17)26-5-3-11-15(23-4-2-16(11)26)8-12-13(19)6-10(21)7-14(12)20/h2-7,9H,8H2,(H,24,25). The van der Waals surface area contributed by atoms with Crippen molar-refractivity contribution < 1.29 is 4.39 Å². The second kappa shape index (κ2) is 6.45. The molecule has 26 heavy (non-hydrogen) atoms. The van der Waals surface area contributed by atoms with Crippen LogP contribution in [0.2, 0.25) is 10.0 Å². The van der Waals surface area contributed by atoms with Crippen molar-refractivity contribution in [2.24, 2.45) is 0 Å². The zero-order chi connectivity index (χ0) is 18.3. The predicted molar refractivity (Wildman–Crippen MR) is 98.7 cm³/mol. The van der Waals surface area contributed by atoms with E-state index in [9.17, 15) is 4.39 Å². The Hall–Kier alpha value is -2.88. The third-order valence-electron chi connectivity index (χ3n) is 4.05. The van der Waals surface area contributed by atoms with Crippen LogP contribution in [-0.4, -0.2) is 19.5 Å². The summed E-state index contributed by atoms with van der Waals surface area (Å²) in [4.78, 5) is 14.9. The molecule has 4 rings (SSSR count). The highest BCUT2D eigenvalue weighted by Crippen LogP contribution is 2.30. The van der Waals surface area contributed by atoms with Gasteiger partial charge in [0.1, 0.15) is 5.82 Å². The van der Waals surface area contributed by atoms with Crippen LogP contribution < -0.4 is 0 Å². The first kappa shape index (κ1) is 16.6. The molecule has 0 bridgehead atoms. The number of hydrogen-bond acceptors (Lipinski definition) is 2. The van der Waals surface area contributed by atoms with E-state index >= 15 is 0 Å². The quantitative estimate of drug-likeness (QED) is 0.484. The van der Waals surface area contributed by atoms with Crippen molar-refractivity contribution in [1.29, 1.82) is 0 Å². The van der Waals surface area contributed by atoms with Crippen molar-refractivity contribution in [1.82, 2.24) is 19.5 Å². The summed E-state index contributed by atoms with van der Waals surface area (Å²) in [6.07, 6.45) is 5.37. The fourth-order valence-electron chi connectivity index (χ4n) is 2.84. The lowest BCUT2D eigenvalue weighted by Gasteiger charge is -2.08. The Kier molecular flexibility index (Phi) is 4.11. The number of nitrogens with zero attached hydrogens (tertiary/aromatic N) is 4. The molecule has 8 heteroatoms. The Morgan fingerprint density at radius 2 is 1.96 bits per heavy atom. The molecule has 1 aromatic carbocycles. The number of benzene rings is 1. The van der Waals surface area contributed by atoms with Crippen LogP contribution in [0.3, 0.4) is 0 Å². The topological polar surface area (TPSA) is 50.9 Å². The minimum atomic E-state index is -0.477. The molecule has 128 valence electrons. The monoisotopic (exact) mass is 385 g/mol. The number of pyridine rings is 1. The van der Waals surface area contributed by atoms with Gasteiger partial charge in [0.25, 0.3) is 5.95 Å². The van der Waals surface area contributed by atoms with Gasteiger partial charge in [-0.1, -0.05) is 29.8 Å². The Morgan fingerprint density at radius 3 is 2.65 bits per heavy atom. The highest BCUT2D eigenvalue weighted by molar-refractivity contribution is 6.36. The maximum atomic E-state index is 13.4. The number of halogens is 3. The summed E-state index contributed by atoms with van der Waals surface area (Å²) in [5, 5.41) is 1.42. The number of fused-ring (bicyclic) bond motifs is 1. The molecule has 0 aliphatic carbocycles. The van der Waals surface area contributed by atoms with E-state index < -0.39 is 5.82 Å². The molecule has 0 saturated heterocycles. The molecule has 3 aromatic heterocycles. The van der Waals surface area contributed by atoms with Crippen molar-refractivity contribution >= 4 is 39.9 Å². The number of hydrogen-bond donors (Lipinski definition) is 1. The van der Waals surface area contributed by atoms with Gasteiger partial charge >= 0.3 is 0 Å². The number of nitrogens with one attached hydrogen (secondary N) is 1. The average molecular weight is 386 g/mol. The molecular weight excluding hydrogens is 376 g/mol. The van der Waals surface area contributed by atoms with Gasteiger partial charge in [0.15, 0.2) is 0 Å². The molecule has 0 radical (unpaired) electrons. The molecule has 5 nitrogen and oxygen atoms in total.